The molecule has 1 saturated carbocycles. The van der Waals surface area contributed by atoms with Crippen molar-refractivity contribution in [3.63, 3.8) is 0 Å². The Bertz CT molecular complexity index is 1250. The van der Waals surface area contributed by atoms with Crippen LogP contribution in [0.2, 0.25) is 0 Å². The number of fused-ring (bicyclic) bond motifs is 1. The molecule has 9 heteroatoms. The second kappa shape index (κ2) is 7.01. The molecular weight excluding hydrogens is 374 g/mol. The van der Waals surface area contributed by atoms with Gasteiger partial charge >= 0.3 is 5.69 Å². The Kier molecular flexibility index (Phi) is 4.50. The Balaban J connectivity index is 1.56. The molecule has 4 rings (SSSR count). The van der Waals surface area contributed by atoms with E-state index in [4.69, 9.17) is 0 Å². The van der Waals surface area contributed by atoms with Crippen LogP contribution in [-0.2, 0) is 14.1 Å². The van der Waals surface area contributed by atoms with Crippen molar-refractivity contribution >= 4 is 28.5 Å². The summed E-state index contributed by atoms with van der Waals surface area (Å²) in [7, 11) is 2.88. The van der Waals surface area contributed by atoms with Gasteiger partial charge < -0.3 is 10.6 Å². The number of nitrogens with zero attached hydrogens (tertiary/aromatic N) is 3. The topological polar surface area (TPSA) is 115 Å². The van der Waals surface area contributed by atoms with Gasteiger partial charge in [-0.3, -0.25) is 23.5 Å². The van der Waals surface area contributed by atoms with E-state index >= 15 is 0 Å². The number of rotatable bonds is 4. The number of aryl methyl sites for hydroxylation is 1. The lowest BCUT2D eigenvalue weighted by molar-refractivity contribution is 0.0950. The van der Waals surface area contributed by atoms with Crippen molar-refractivity contribution in [3.8, 4) is 0 Å². The highest BCUT2D eigenvalue weighted by atomic mass is 16.2. The number of hydrogen-bond donors (Lipinski definition) is 2. The first-order valence-corrected chi connectivity index (χ1v) is 9.13. The zero-order valence-corrected chi connectivity index (χ0v) is 15.9. The SMILES string of the molecule is Cn1c(=O)c2cc(C(=O)Nc3ccc(C(=O)NC4CC4)cc3)cnc2n(C)c1=O. The lowest BCUT2D eigenvalue weighted by Crippen LogP contribution is -2.37. The van der Waals surface area contributed by atoms with Crippen molar-refractivity contribution in [2.24, 2.45) is 14.1 Å². The number of pyridine rings is 1. The average molecular weight is 393 g/mol. The maximum Gasteiger partial charge on any atom is 0.332 e. The number of aromatic nitrogens is 3. The first-order chi connectivity index (χ1) is 13.8. The Morgan fingerprint density at radius 3 is 2.34 bits per heavy atom. The summed E-state index contributed by atoms with van der Waals surface area (Å²) in [5.41, 5.74) is 0.414. The van der Waals surface area contributed by atoms with Gasteiger partial charge in [-0.15, -0.1) is 0 Å². The van der Waals surface area contributed by atoms with E-state index in [0.29, 0.717) is 11.3 Å². The van der Waals surface area contributed by atoms with Crippen LogP contribution in [0.25, 0.3) is 11.0 Å². The van der Waals surface area contributed by atoms with E-state index < -0.39 is 17.2 Å². The Labute approximate surface area is 165 Å². The number of nitrogens with one attached hydrogen (secondary N) is 2. The smallest absolute Gasteiger partial charge is 0.332 e. The van der Waals surface area contributed by atoms with Crippen LogP contribution in [0.5, 0.6) is 0 Å². The summed E-state index contributed by atoms with van der Waals surface area (Å²) in [5, 5.41) is 5.79. The van der Waals surface area contributed by atoms with Crippen LogP contribution in [0.4, 0.5) is 5.69 Å². The highest BCUT2D eigenvalue weighted by molar-refractivity contribution is 6.05. The molecule has 2 N–H and O–H groups in total. The van der Waals surface area contributed by atoms with Gasteiger partial charge in [0.05, 0.1) is 10.9 Å². The molecule has 9 nitrogen and oxygen atoms in total. The zero-order chi connectivity index (χ0) is 20.7. The fraction of sp³-hybridized carbons (Fsp3) is 0.250. The number of hydrogen-bond acceptors (Lipinski definition) is 5. The van der Waals surface area contributed by atoms with Crippen LogP contribution < -0.4 is 21.9 Å². The number of carbonyl (C=O) groups is 2. The minimum atomic E-state index is -0.517. The van der Waals surface area contributed by atoms with Gasteiger partial charge in [0, 0.05) is 37.6 Å². The summed E-state index contributed by atoms with van der Waals surface area (Å²) < 4.78 is 2.22. The molecule has 0 spiro atoms. The van der Waals surface area contributed by atoms with Gasteiger partial charge in [-0.2, -0.15) is 0 Å². The Hall–Kier alpha value is -3.75. The third kappa shape index (κ3) is 3.54. The molecule has 3 aromatic rings. The molecule has 2 amide bonds. The fourth-order valence-electron chi connectivity index (χ4n) is 2.99. The monoisotopic (exact) mass is 393 g/mol. The molecule has 29 heavy (non-hydrogen) atoms. The van der Waals surface area contributed by atoms with Gasteiger partial charge in [-0.05, 0) is 43.2 Å². The first-order valence-electron chi connectivity index (χ1n) is 9.13. The highest BCUT2D eigenvalue weighted by Crippen LogP contribution is 2.20. The summed E-state index contributed by atoms with van der Waals surface area (Å²) in [6, 6.07) is 8.23. The summed E-state index contributed by atoms with van der Waals surface area (Å²) in [5.74, 6) is -0.587. The van der Waals surface area contributed by atoms with E-state index in [0.717, 1.165) is 17.4 Å². The number of anilines is 1. The molecular formula is C20H19N5O4. The van der Waals surface area contributed by atoms with Crippen LogP contribution in [0, 0.1) is 0 Å². The van der Waals surface area contributed by atoms with Crippen molar-refractivity contribution < 1.29 is 9.59 Å². The number of carbonyl (C=O) groups excluding carboxylic acids is 2. The minimum Gasteiger partial charge on any atom is -0.349 e. The van der Waals surface area contributed by atoms with Crippen molar-refractivity contribution in [1.29, 1.82) is 0 Å². The number of amides is 2. The van der Waals surface area contributed by atoms with Crippen molar-refractivity contribution in [1.82, 2.24) is 19.4 Å². The molecule has 0 atom stereocenters. The van der Waals surface area contributed by atoms with E-state index in [2.05, 4.69) is 15.6 Å². The molecule has 1 aliphatic rings. The molecule has 2 heterocycles. The molecule has 0 unspecified atom stereocenters. The van der Waals surface area contributed by atoms with Crippen LogP contribution >= 0.6 is 0 Å². The standard InChI is InChI=1S/C20H19N5O4/c1-24-16-15(19(28)25(2)20(24)29)9-12(10-21-16)18(27)23-13-5-3-11(4-6-13)17(26)22-14-7-8-14/h3-6,9-10,14H,7-8H2,1-2H3,(H,22,26)(H,23,27). The van der Waals surface area contributed by atoms with Gasteiger partial charge in [0.25, 0.3) is 17.4 Å². The zero-order valence-electron chi connectivity index (χ0n) is 15.9. The third-order valence-electron chi connectivity index (χ3n) is 4.87. The largest absolute Gasteiger partial charge is 0.349 e. The Morgan fingerprint density at radius 2 is 1.69 bits per heavy atom. The molecule has 1 aromatic carbocycles. The van der Waals surface area contributed by atoms with Crippen LogP contribution in [-0.4, -0.2) is 32.0 Å². The van der Waals surface area contributed by atoms with E-state index in [-0.39, 0.29) is 28.5 Å². The van der Waals surface area contributed by atoms with Crippen molar-refractivity contribution in [3.05, 3.63) is 68.5 Å². The van der Waals surface area contributed by atoms with Crippen molar-refractivity contribution in [2.45, 2.75) is 18.9 Å². The van der Waals surface area contributed by atoms with Crippen molar-refractivity contribution in [2.75, 3.05) is 5.32 Å². The normalized spacial score (nSPS) is 13.3. The Morgan fingerprint density at radius 1 is 1.00 bits per heavy atom. The first kappa shape index (κ1) is 18.6. The maximum absolute atomic E-state index is 12.6. The van der Waals surface area contributed by atoms with Gasteiger partial charge in [0.1, 0.15) is 5.65 Å². The number of benzene rings is 1. The molecule has 0 saturated heterocycles. The molecule has 0 radical (unpaired) electrons. The molecule has 2 aromatic heterocycles. The lowest BCUT2D eigenvalue weighted by Gasteiger charge is -2.09. The lowest BCUT2D eigenvalue weighted by atomic mass is 10.1. The fourth-order valence-corrected chi connectivity index (χ4v) is 2.99. The quantitative estimate of drug-likeness (QED) is 0.680. The third-order valence-corrected chi connectivity index (χ3v) is 4.87. The van der Waals surface area contributed by atoms with Crippen LogP contribution in [0.1, 0.15) is 33.6 Å². The summed E-state index contributed by atoms with van der Waals surface area (Å²) in [6.45, 7) is 0. The second-order valence-electron chi connectivity index (χ2n) is 7.08. The summed E-state index contributed by atoms with van der Waals surface area (Å²) >= 11 is 0. The molecule has 148 valence electrons. The molecule has 0 bridgehead atoms. The molecule has 1 fully saturated rings. The predicted molar refractivity (Wildman–Crippen MR) is 107 cm³/mol. The second-order valence-corrected chi connectivity index (χ2v) is 7.08. The van der Waals surface area contributed by atoms with Gasteiger partial charge in [-0.25, -0.2) is 9.78 Å². The van der Waals surface area contributed by atoms with E-state index in [1.54, 1.807) is 24.3 Å². The van der Waals surface area contributed by atoms with Crippen LogP contribution in [0.15, 0.2) is 46.1 Å². The van der Waals surface area contributed by atoms with Gasteiger partial charge in [0.2, 0.25) is 0 Å². The summed E-state index contributed by atoms with van der Waals surface area (Å²) in [6.07, 6.45) is 3.34. The van der Waals surface area contributed by atoms with Gasteiger partial charge in [-0.1, -0.05) is 0 Å². The minimum absolute atomic E-state index is 0.134. The highest BCUT2D eigenvalue weighted by Gasteiger charge is 2.23. The summed E-state index contributed by atoms with van der Waals surface area (Å²) in [4.78, 5) is 53.0. The van der Waals surface area contributed by atoms with Gasteiger partial charge in [0.15, 0.2) is 0 Å². The predicted octanol–water partition coefficient (Wildman–Crippen LogP) is 0.777. The average Bonchev–Trinajstić information content (AvgIpc) is 3.54. The van der Waals surface area contributed by atoms with E-state index in [1.807, 2.05) is 0 Å². The maximum atomic E-state index is 12.6. The van der Waals surface area contributed by atoms with Crippen LogP contribution in [0.3, 0.4) is 0 Å². The van der Waals surface area contributed by atoms with E-state index in [1.165, 1.54) is 30.9 Å². The molecule has 0 aliphatic heterocycles. The van der Waals surface area contributed by atoms with E-state index in [9.17, 15) is 19.2 Å². The molecule has 1 aliphatic carbocycles.